The first-order chi connectivity index (χ1) is 9.11. The molecule has 0 saturated carbocycles. The van der Waals surface area contributed by atoms with Crippen molar-refractivity contribution >= 4 is 28.6 Å². The molecule has 19 heavy (non-hydrogen) atoms. The normalized spacial score (nSPS) is 10.6. The zero-order chi connectivity index (χ0) is 13.8. The third-order valence-electron chi connectivity index (χ3n) is 2.34. The van der Waals surface area contributed by atoms with Crippen LogP contribution in [0.15, 0.2) is 21.2 Å². The van der Waals surface area contributed by atoms with Gasteiger partial charge in [-0.2, -0.15) is 5.10 Å². The monoisotopic (exact) mass is 302 g/mol. The van der Waals surface area contributed by atoms with Gasteiger partial charge in [0.25, 0.3) is 5.56 Å². The number of thiazole rings is 1. The number of aliphatic hydroxyl groups is 1. The van der Waals surface area contributed by atoms with Crippen LogP contribution in [0.3, 0.4) is 0 Å². The summed E-state index contributed by atoms with van der Waals surface area (Å²) in [6.07, 6.45) is 1.41. The summed E-state index contributed by atoms with van der Waals surface area (Å²) < 4.78 is 1.08. The third-order valence-corrected chi connectivity index (χ3v) is 3.42. The maximum atomic E-state index is 11.8. The smallest absolute Gasteiger partial charge is 0.304 e. The molecule has 0 amide bonds. The third kappa shape index (κ3) is 3.22. The van der Waals surface area contributed by atoms with Crippen LogP contribution in [0.25, 0.3) is 0 Å². The van der Waals surface area contributed by atoms with Crippen molar-refractivity contribution < 1.29 is 5.11 Å². The standard InChI is InChI=1S/C10H11ClN4O3S/c11-8-7(4-13-15(1-2-16)9(8)17)12-3-6-5-19-10(18)14-6/h4-5,12,16H,1-3H2,(H,14,18). The Balaban J connectivity index is 2.15. The molecule has 0 fully saturated rings. The number of aromatic amines is 1. The number of H-pyrrole nitrogens is 1. The van der Waals surface area contributed by atoms with Crippen LogP contribution in [0.1, 0.15) is 5.69 Å². The largest absolute Gasteiger partial charge is 0.394 e. The van der Waals surface area contributed by atoms with Crippen molar-refractivity contribution in [2.75, 3.05) is 11.9 Å². The average molecular weight is 303 g/mol. The van der Waals surface area contributed by atoms with Crippen LogP contribution in [-0.4, -0.2) is 26.5 Å². The number of hydrogen-bond acceptors (Lipinski definition) is 6. The minimum atomic E-state index is -0.473. The van der Waals surface area contributed by atoms with E-state index in [0.717, 1.165) is 16.0 Å². The Hall–Kier alpha value is -1.64. The Morgan fingerprint density at radius 1 is 1.53 bits per heavy atom. The number of nitrogens with one attached hydrogen (secondary N) is 2. The lowest BCUT2D eigenvalue weighted by Crippen LogP contribution is -2.25. The van der Waals surface area contributed by atoms with Gasteiger partial charge in [0.15, 0.2) is 0 Å². The predicted molar refractivity (Wildman–Crippen MR) is 72.9 cm³/mol. The lowest BCUT2D eigenvalue weighted by atomic mass is 10.4. The molecule has 0 saturated heterocycles. The highest BCUT2D eigenvalue weighted by atomic mass is 35.5. The van der Waals surface area contributed by atoms with Gasteiger partial charge < -0.3 is 15.4 Å². The van der Waals surface area contributed by atoms with E-state index in [2.05, 4.69) is 15.4 Å². The van der Waals surface area contributed by atoms with Crippen LogP contribution in [0.5, 0.6) is 0 Å². The fraction of sp³-hybridized carbons (Fsp3) is 0.300. The molecule has 0 radical (unpaired) electrons. The van der Waals surface area contributed by atoms with E-state index in [1.807, 2.05) is 0 Å². The van der Waals surface area contributed by atoms with E-state index in [9.17, 15) is 9.59 Å². The molecule has 9 heteroatoms. The van der Waals surface area contributed by atoms with Gasteiger partial charge in [-0.15, -0.1) is 0 Å². The number of anilines is 1. The molecule has 2 aromatic heterocycles. The highest BCUT2D eigenvalue weighted by Gasteiger charge is 2.09. The van der Waals surface area contributed by atoms with Gasteiger partial charge in [-0.25, -0.2) is 4.68 Å². The lowest BCUT2D eigenvalue weighted by Gasteiger charge is -2.08. The minimum Gasteiger partial charge on any atom is -0.394 e. The Labute approximate surface area is 116 Å². The molecule has 0 aliphatic carbocycles. The Morgan fingerprint density at radius 3 is 2.95 bits per heavy atom. The molecule has 102 valence electrons. The van der Waals surface area contributed by atoms with E-state index in [4.69, 9.17) is 16.7 Å². The van der Waals surface area contributed by atoms with Crippen molar-refractivity contribution in [2.45, 2.75) is 13.1 Å². The fourth-order valence-corrected chi connectivity index (χ4v) is 2.23. The average Bonchev–Trinajstić information content (AvgIpc) is 2.80. The first-order valence-corrected chi connectivity index (χ1v) is 6.64. The summed E-state index contributed by atoms with van der Waals surface area (Å²) in [4.78, 5) is 25.2. The number of halogens is 1. The molecule has 2 heterocycles. The van der Waals surface area contributed by atoms with E-state index in [0.29, 0.717) is 17.9 Å². The zero-order valence-corrected chi connectivity index (χ0v) is 11.3. The van der Waals surface area contributed by atoms with Gasteiger partial charge in [-0.05, 0) is 0 Å². The molecule has 0 unspecified atom stereocenters. The van der Waals surface area contributed by atoms with Gasteiger partial charge in [0.2, 0.25) is 0 Å². The van der Waals surface area contributed by atoms with Gasteiger partial charge in [-0.3, -0.25) is 9.59 Å². The molecular weight excluding hydrogens is 292 g/mol. The summed E-state index contributed by atoms with van der Waals surface area (Å²) in [7, 11) is 0. The highest BCUT2D eigenvalue weighted by Crippen LogP contribution is 2.15. The molecule has 0 bridgehead atoms. The Morgan fingerprint density at radius 2 is 2.32 bits per heavy atom. The van der Waals surface area contributed by atoms with E-state index >= 15 is 0 Å². The number of nitrogens with zero attached hydrogens (tertiary/aromatic N) is 2. The zero-order valence-electron chi connectivity index (χ0n) is 9.72. The van der Waals surface area contributed by atoms with Crippen molar-refractivity contribution in [3.63, 3.8) is 0 Å². The number of aliphatic hydroxyl groups excluding tert-OH is 1. The van der Waals surface area contributed by atoms with Gasteiger partial charge in [0.1, 0.15) is 5.02 Å². The lowest BCUT2D eigenvalue weighted by molar-refractivity contribution is 0.266. The summed E-state index contributed by atoms with van der Waals surface area (Å²) in [6.45, 7) is 0.242. The van der Waals surface area contributed by atoms with Crippen LogP contribution in [-0.2, 0) is 13.1 Å². The van der Waals surface area contributed by atoms with E-state index in [1.54, 1.807) is 5.38 Å². The second kappa shape index (κ2) is 6.00. The van der Waals surface area contributed by atoms with Crippen LogP contribution >= 0.6 is 22.9 Å². The van der Waals surface area contributed by atoms with Gasteiger partial charge in [0, 0.05) is 11.1 Å². The summed E-state index contributed by atoms with van der Waals surface area (Å²) >= 11 is 6.98. The molecular formula is C10H11ClN4O3S. The fourth-order valence-electron chi connectivity index (χ4n) is 1.43. The van der Waals surface area contributed by atoms with E-state index in [-0.39, 0.29) is 23.0 Å². The number of rotatable bonds is 5. The topological polar surface area (TPSA) is 100 Å². The molecule has 7 nitrogen and oxygen atoms in total. The van der Waals surface area contributed by atoms with Crippen LogP contribution < -0.4 is 15.7 Å². The van der Waals surface area contributed by atoms with E-state index in [1.165, 1.54) is 6.20 Å². The summed E-state index contributed by atoms with van der Waals surface area (Å²) in [5.74, 6) is 0. The van der Waals surface area contributed by atoms with Gasteiger partial charge >= 0.3 is 4.87 Å². The molecule has 0 aliphatic heterocycles. The first kappa shape index (κ1) is 13.8. The summed E-state index contributed by atoms with van der Waals surface area (Å²) in [5.41, 5.74) is 0.609. The highest BCUT2D eigenvalue weighted by molar-refractivity contribution is 7.07. The quantitative estimate of drug-likeness (QED) is 0.735. The maximum Gasteiger partial charge on any atom is 0.304 e. The van der Waals surface area contributed by atoms with Crippen molar-refractivity contribution in [1.29, 1.82) is 0 Å². The summed E-state index contributed by atoms with van der Waals surface area (Å²) in [6, 6.07) is 0. The molecule has 0 aliphatic rings. The number of aromatic nitrogens is 3. The molecule has 3 N–H and O–H groups in total. The van der Waals surface area contributed by atoms with Crippen molar-refractivity contribution in [3.05, 3.63) is 42.3 Å². The van der Waals surface area contributed by atoms with Crippen LogP contribution in [0.4, 0.5) is 5.69 Å². The van der Waals surface area contributed by atoms with Crippen molar-refractivity contribution in [3.8, 4) is 0 Å². The van der Waals surface area contributed by atoms with Crippen molar-refractivity contribution in [1.82, 2.24) is 14.8 Å². The Bertz CT molecular complexity index is 678. The second-order valence-electron chi connectivity index (χ2n) is 3.65. The molecule has 0 aromatic carbocycles. The second-order valence-corrected chi connectivity index (χ2v) is 4.87. The molecule has 0 atom stereocenters. The van der Waals surface area contributed by atoms with Crippen LogP contribution in [0.2, 0.25) is 5.02 Å². The molecule has 0 spiro atoms. The Kier molecular flexibility index (Phi) is 4.35. The van der Waals surface area contributed by atoms with Gasteiger partial charge in [-0.1, -0.05) is 22.9 Å². The van der Waals surface area contributed by atoms with Crippen molar-refractivity contribution in [2.24, 2.45) is 0 Å². The van der Waals surface area contributed by atoms with E-state index < -0.39 is 5.56 Å². The summed E-state index contributed by atoms with van der Waals surface area (Å²) in [5, 5.41) is 17.2. The van der Waals surface area contributed by atoms with Gasteiger partial charge in [0.05, 0.1) is 31.6 Å². The SMILES string of the molecule is O=c1[nH]c(CNc2cnn(CCO)c(=O)c2Cl)cs1. The van der Waals surface area contributed by atoms with Crippen LogP contribution in [0, 0.1) is 0 Å². The predicted octanol–water partition coefficient (Wildman–Crippen LogP) is 0.251. The maximum absolute atomic E-state index is 11.8. The minimum absolute atomic E-state index is 0.000950. The first-order valence-electron chi connectivity index (χ1n) is 5.39. The number of hydrogen-bond donors (Lipinski definition) is 3. The molecule has 2 aromatic rings. The molecule has 2 rings (SSSR count).